The molecule has 1 unspecified atom stereocenters. The molecule has 8 heteroatoms. The van der Waals surface area contributed by atoms with E-state index in [1.807, 2.05) is 28.3 Å². The highest BCUT2D eigenvalue weighted by Gasteiger charge is 2.48. The number of carbonyl (C=O) groups excluding carboxylic acids is 2. The number of likely N-dealkylation sites (tertiary alicyclic amines) is 2. The lowest BCUT2D eigenvalue weighted by Gasteiger charge is -2.44. The quantitative estimate of drug-likeness (QED) is 0.690. The van der Waals surface area contributed by atoms with Crippen molar-refractivity contribution in [3.63, 3.8) is 0 Å². The van der Waals surface area contributed by atoms with Crippen molar-refractivity contribution in [1.82, 2.24) is 19.6 Å². The minimum absolute atomic E-state index is 0.104. The van der Waals surface area contributed by atoms with Crippen LogP contribution in [0, 0.1) is 0 Å². The molecular weight excluding hydrogens is 424 g/mol. The van der Waals surface area contributed by atoms with Gasteiger partial charge in [-0.15, -0.1) is 11.3 Å². The Morgan fingerprint density at radius 3 is 2.31 bits per heavy atom. The van der Waals surface area contributed by atoms with Gasteiger partial charge in [-0.1, -0.05) is 12.8 Å². The first kappa shape index (κ1) is 22.0. The van der Waals surface area contributed by atoms with Crippen LogP contribution in [0.4, 0.5) is 4.79 Å². The first-order chi connectivity index (χ1) is 15.6. The number of amides is 3. The molecule has 0 aromatic carbocycles. The van der Waals surface area contributed by atoms with Gasteiger partial charge in [-0.2, -0.15) is 0 Å². The zero-order valence-corrected chi connectivity index (χ0v) is 20.2. The fourth-order valence-electron chi connectivity index (χ4n) is 6.48. The van der Waals surface area contributed by atoms with Crippen molar-refractivity contribution in [2.75, 3.05) is 40.3 Å². The summed E-state index contributed by atoms with van der Waals surface area (Å²) in [5.41, 5.74) is 0. The second-order valence-electron chi connectivity index (χ2n) is 9.83. The van der Waals surface area contributed by atoms with Gasteiger partial charge in [0.2, 0.25) is 0 Å². The number of ether oxygens (including phenoxy) is 1. The predicted molar refractivity (Wildman–Crippen MR) is 125 cm³/mol. The number of methoxy groups -OCH3 is 1. The van der Waals surface area contributed by atoms with Crippen LogP contribution < -0.4 is 4.74 Å². The van der Waals surface area contributed by atoms with E-state index in [4.69, 9.17) is 4.74 Å². The summed E-state index contributed by atoms with van der Waals surface area (Å²) in [7, 11) is 3.62. The van der Waals surface area contributed by atoms with Crippen LogP contribution in [0.1, 0.15) is 61.0 Å². The topological polar surface area (TPSA) is 56.3 Å². The third-order valence-electron chi connectivity index (χ3n) is 8.28. The molecule has 5 rings (SSSR count). The summed E-state index contributed by atoms with van der Waals surface area (Å²) in [6.45, 7) is 3.74. The average molecular weight is 461 g/mol. The van der Waals surface area contributed by atoms with Crippen LogP contribution >= 0.6 is 11.3 Å². The van der Waals surface area contributed by atoms with E-state index in [1.165, 1.54) is 30.6 Å². The van der Waals surface area contributed by atoms with E-state index in [0.29, 0.717) is 34.8 Å². The maximum atomic E-state index is 13.0. The van der Waals surface area contributed by atoms with Crippen LogP contribution in [0.25, 0.3) is 0 Å². The number of fused-ring (bicyclic) bond motifs is 1. The fourth-order valence-corrected chi connectivity index (χ4v) is 7.31. The largest absolute Gasteiger partial charge is 0.495 e. The minimum Gasteiger partial charge on any atom is -0.495 e. The predicted octanol–water partition coefficient (Wildman–Crippen LogP) is 3.50. The lowest BCUT2D eigenvalue weighted by molar-refractivity contribution is 0.0473. The van der Waals surface area contributed by atoms with Gasteiger partial charge in [0.25, 0.3) is 5.91 Å². The lowest BCUT2D eigenvalue weighted by atomic mass is 9.88. The second-order valence-corrected chi connectivity index (χ2v) is 10.7. The Morgan fingerprint density at radius 2 is 1.62 bits per heavy atom. The van der Waals surface area contributed by atoms with Crippen molar-refractivity contribution in [3.05, 3.63) is 16.3 Å². The van der Waals surface area contributed by atoms with Gasteiger partial charge in [-0.25, -0.2) is 4.79 Å². The highest BCUT2D eigenvalue weighted by Crippen LogP contribution is 2.37. The van der Waals surface area contributed by atoms with E-state index in [-0.39, 0.29) is 11.9 Å². The molecule has 4 aliphatic rings. The average Bonchev–Trinajstić information content (AvgIpc) is 3.42. The maximum absolute atomic E-state index is 13.0. The number of hydrogen-bond donors (Lipinski definition) is 0. The Kier molecular flexibility index (Phi) is 6.34. The van der Waals surface area contributed by atoms with E-state index in [0.717, 1.165) is 58.3 Å². The zero-order chi connectivity index (χ0) is 22.2. The van der Waals surface area contributed by atoms with Crippen molar-refractivity contribution in [2.45, 2.75) is 75.5 Å². The Hall–Kier alpha value is -1.80. The standard InChI is InChI=1S/C24H36N4O3S/c1-25-19-5-3-4-6-20(19)28(24(25)30)18-9-12-26(13-10-18)17-7-14-27(15-8-17)23(29)22-21(31-2)11-16-32-22/h11,16-20H,3-10,12-15H2,1-2H3/t19-,20?/m0/s1. The molecule has 0 bridgehead atoms. The molecule has 3 aliphatic heterocycles. The Morgan fingerprint density at radius 1 is 0.969 bits per heavy atom. The molecule has 3 amide bonds. The highest BCUT2D eigenvalue weighted by atomic mass is 32.1. The number of urea groups is 1. The van der Waals surface area contributed by atoms with Crippen LogP contribution in [0.3, 0.4) is 0 Å². The molecule has 32 heavy (non-hydrogen) atoms. The molecule has 176 valence electrons. The zero-order valence-electron chi connectivity index (χ0n) is 19.4. The van der Waals surface area contributed by atoms with Crippen LogP contribution in [-0.4, -0.2) is 96.0 Å². The van der Waals surface area contributed by atoms with Crippen molar-refractivity contribution >= 4 is 23.3 Å². The van der Waals surface area contributed by atoms with Gasteiger partial charge in [-0.05, 0) is 50.0 Å². The number of piperidine rings is 2. The molecule has 4 heterocycles. The van der Waals surface area contributed by atoms with Gasteiger partial charge < -0.3 is 24.3 Å². The molecule has 0 spiro atoms. The highest BCUT2D eigenvalue weighted by molar-refractivity contribution is 7.12. The van der Waals surface area contributed by atoms with Gasteiger partial charge >= 0.3 is 6.03 Å². The molecule has 1 aliphatic carbocycles. The molecule has 7 nitrogen and oxygen atoms in total. The van der Waals surface area contributed by atoms with E-state index < -0.39 is 0 Å². The van der Waals surface area contributed by atoms with Crippen molar-refractivity contribution in [3.8, 4) is 5.75 Å². The van der Waals surface area contributed by atoms with Crippen LogP contribution in [0.15, 0.2) is 11.4 Å². The lowest BCUT2D eigenvalue weighted by Crippen LogP contribution is -2.53. The van der Waals surface area contributed by atoms with Crippen molar-refractivity contribution in [2.24, 2.45) is 0 Å². The Bertz CT molecular complexity index is 829. The molecule has 1 aromatic heterocycles. The van der Waals surface area contributed by atoms with Crippen LogP contribution in [-0.2, 0) is 0 Å². The van der Waals surface area contributed by atoms with Gasteiger partial charge in [0.1, 0.15) is 10.6 Å². The molecule has 0 N–H and O–H groups in total. The van der Waals surface area contributed by atoms with Gasteiger partial charge in [-0.3, -0.25) is 4.79 Å². The van der Waals surface area contributed by atoms with E-state index in [1.54, 1.807) is 7.11 Å². The number of carbonyl (C=O) groups is 2. The van der Waals surface area contributed by atoms with Gasteiger partial charge in [0, 0.05) is 45.3 Å². The SMILES string of the molecule is COc1ccsc1C(=O)N1CCC(N2CCC(N3C(=O)N(C)[C@H]4CCCCC43)CC2)CC1. The Labute approximate surface area is 195 Å². The first-order valence-corrected chi connectivity index (χ1v) is 13.2. The minimum atomic E-state index is 0.104. The second kappa shape index (κ2) is 9.21. The number of hydrogen-bond acceptors (Lipinski definition) is 5. The smallest absolute Gasteiger partial charge is 0.320 e. The molecule has 1 aromatic rings. The molecule has 1 saturated carbocycles. The van der Waals surface area contributed by atoms with Crippen LogP contribution in [0.5, 0.6) is 5.75 Å². The van der Waals surface area contributed by atoms with Crippen LogP contribution in [0.2, 0.25) is 0 Å². The summed E-state index contributed by atoms with van der Waals surface area (Å²) >= 11 is 1.46. The van der Waals surface area contributed by atoms with Crippen molar-refractivity contribution < 1.29 is 14.3 Å². The van der Waals surface area contributed by atoms with Gasteiger partial charge in [0.15, 0.2) is 0 Å². The number of nitrogens with zero attached hydrogens (tertiary/aromatic N) is 4. The normalized spacial score (nSPS) is 28.3. The van der Waals surface area contributed by atoms with E-state index in [2.05, 4.69) is 9.80 Å². The van der Waals surface area contributed by atoms with E-state index in [9.17, 15) is 9.59 Å². The summed E-state index contributed by atoms with van der Waals surface area (Å²) in [5, 5.41) is 1.92. The maximum Gasteiger partial charge on any atom is 0.320 e. The molecular formula is C24H36N4O3S. The monoisotopic (exact) mass is 460 g/mol. The number of thiophene rings is 1. The summed E-state index contributed by atoms with van der Waals surface area (Å²) in [4.78, 5) is 35.5. The Balaban J connectivity index is 1.13. The van der Waals surface area contributed by atoms with Crippen molar-refractivity contribution in [1.29, 1.82) is 0 Å². The molecule has 0 radical (unpaired) electrons. The molecule has 3 saturated heterocycles. The van der Waals surface area contributed by atoms with E-state index >= 15 is 0 Å². The number of likely N-dealkylation sites (N-methyl/N-ethyl adjacent to an activating group) is 1. The summed E-state index contributed by atoms with van der Waals surface area (Å²) in [6.07, 6.45) is 9.06. The third kappa shape index (κ3) is 3.89. The summed E-state index contributed by atoms with van der Waals surface area (Å²) in [6, 6.07) is 3.93. The fraction of sp³-hybridized carbons (Fsp3) is 0.750. The molecule has 2 atom stereocenters. The van der Waals surface area contributed by atoms with Gasteiger partial charge in [0.05, 0.1) is 19.2 Å². The summed E-state index contributed by atoms with van der Waals surface area (Å²) < 4.78 is 5.34. The third-order valence-corrected chi connectivity index (χ3v) is 9.16. The number of rotatable bonds is 4. The summed E-state index contributed by atoms with van der Waals surface area (Å²) in [5.74, 6) is 0.791. The first-order valence-electron chi connectivity index (χ1n) is 12.3. The molecule has 4 fully saturated rings.